The number of furan rings is 1. The fourth-order valence-corrected chi connectivity index (χ4v) is 4.13. The number of fused-ring (bicyclic) bond motifs is 1. The zero-order valence-corrected chi connectivity index (χ0v) is 20.0. The van der Waals surface area contributed by atoms with E-state index in [1.165, 1.54) is 12.3 Å². The quantitative estimate of drug-likeness (QED) is 0.280. The predicted molar refractivity (Wildman–Crippen MR) is 132 cm³/mol. The Morgan fingerprint density at radius 1 is 1.08 bits per heavy atom. The molecule has 0 bridgehead atoms. The molecule has 4 rings (SSSR count). The number of halogens is 2. The molecule has 6 nitrogen and oxygen atoms in total. The molecule has 0 unspecified atom stereocenters. The largest absolute Gasteiger partial charge is 0.489 e. The average molecular weight is 496 g/mol. The van der Waals surface area contributed by atoms with Gasteiger partial charge in [0.25, 0.3) is 0 Å². The second-order valence-electron chi connectivity index (χ2n) is 8.62. The van der Waals surface area contributed by atoms with Crippen molar-refractivity contribution in [2.45, 2.75) is 26.1 Å². The van der Waals surface area contributed by atoms with Crippen molar-refractivity contribution in [3.05, 3.63) is 89.7 Å². The van der Waals surface area contributed by atoms with Gasteiger partial charge in [0, 0.05) is 25.3 Å². The highest BCUT2D eigenvalue weighted by Gasteiger charge is 2.18. The minimum Gasteiger partial charge on any atom is -0.489 e. The summed E-state index contributed by atoms with van der Waals surface area (Å²) in [6, 6.07) is 17.3. The monoisotopic (exact) mass is 495 g/mol. The third-order valence-corrected chi connectivity index (χ3v) is 5.94. The Balaban J connectivity index is 1.43. The van der Waals surface area contributed by atoms with E-state index < -0.39 is 17.6 Å². The highest BCUT2D eigenvalue weighted by molar-refractivity contribution is 5.93. The highest BCUT2D eigenvalue weighted by Crippen LogP contribution is 2.33. The molecule has 36 heavy (non-hydrogen) atoms. The molecular weight excluding hydrogens is 468 g/mol. The average Bonchev–Trinajstić information content (AvgIpc) is 3.35. The van der Waals surface area contributed by atoms with Crippen LogP contribution in [0.25, 0.3) is 22.1 Å². The predicted octanol–water partition coefficient (Wildman–Crippen LogP) is 5.88. The summed E-state index contributed by atoms with van der Waals surface area (Å²) in [5, 5.41) is 9.36. The lowest BCUT2D eigenvalue weighted by molar-refractivity contribution is -0.139. The molecule has 0 aliphatic rings. The summed E-state index contributed by atoms with van der Waals surface area (Å²) in [5.41, 5.74) is 3.32. The SMILES string of the molecule is COC[C@H](C)N(CC(=O)O)Cc1cccc(COc2ccc(-c3cc(F)c(F)c4ccoc34)cc2)c1. The Morgan fingerprint density at radius 3 is 2.56 bits per heavy atom. The van der Waals surface area contributed by atoms with Crippen LogP contribution in [0.2, 0.25) is 0 Å². The minimum atomic E-state index is -0.933. The van der Waals surface area contributed by atoms with Crippen LogP contribution in [-0.2, 0) is 22.7 Å². The maximum atomic E-state index is 14.0. The van der Waals surface area contributed by atoms with Gasteiger partial charge in [-0.25, -0.2) is 8.78 Å². The number of hydrogen-bond acceptors (Lipinski definition) is 5. The van der Waals surface area contributed by atoms with Crippen molar-refractivity contribution in [3.8, 4) is 16.9 Å². The molecule has 3 aromatic carbocycles. The van der Waals surface area contributed by atoms with Crippen molar-refractivity contribution in [2.75, 3.05) is 20.3 Å². The van der Waals surface area contributed by atoms with Gasteiger partial charge in [-0.3, -0.25) is 9.69 Å². The van der Waals surface area contributed by atoms with E-state index in [1.54, 1.807) is 31.4 Å². The van der Waals surface area contributed by atoms with E-state index in [2.05, 4.69) is 0 Å². The first kappa shape index (κ1) is 25.3. The molecule has 1 heterocycles. The molecule has 0 spiro atoms. The van der Waals surface area contributed by atoms with E-state index in [4.69, 9.17) is 13.9 Å². The lowest BCUT2D eigenvalue weighted by atomic mass is 10.0. The number of carboxylic acid groups (broad SMARTS) is 1. The summed E-state index contributed by atoms with van der Waals surface area (Å²) >= 11 is 0. The minimum absolute atomic E-state index is 0.0542. The standard InChI is InChI=1S/C28H27F2NO5/c1-18(16-34-2)31(15-26(32)33)14-19-4-3-5-20(12-19)17-36-22-8-6-21(7-9-22)24-13-25(29)27(30)23-10-11-35-28(23)24/h3-13,18H,14-17H2,1-2H3,(H,32,33)/t18-/m0/s1. The van der Waals surface area contributed by atoms with Crippen LogP contribution in [0.5, 0.6) is 5.75 Å². The van der Waals surface area contributed by atoms with Gasteiger partial charge in [-0.15, -0.1) is 0 Å². The first-order chi connectivity index (χ1) is 17.4. The van der Waals surface area contributed by atoms with Crippen molar-refractivity contribution in [1.29, 1.82) is 0 Å². The van der Waals surface area contributed by atoms with Gasteiger partial charge in [-0.05, 0) is 47.9 Å². The normalized spacial score (nSPS) is 12.2. The number of aliphatic carboxylic acids is 1. The van der Waals surface area contributed by atoms with Gasteiger partial charge in [-0.1, -0.05) is 36.4 Å². The highest BCUT2D eigenvalue weighted by atomic mass is 19.2. The van der Waals surface area contributed by atoms with Crippen LogP contribution < -0.4 is 4.74 Å². The fourth-order valence-electron chi connectivity index (χ4n) is 4.13. The van der Waals surface area contributed by atoms with Crippen LogP contribution in [0.1, 0.15) is 18.1 Å². The molecule has 0 aliphatic heterocycles. The number of nitrogens with zero attached hydrogens (tertiary/aromatic N) is 1. The molecule has 0 saturated carbocycles. The van der Waals surface area contributed by atoms with E-state index in [0.29, 0.717) is 36.6 Å². The van der Waals surface area contributed by atoms with E-state index in [-0.39, 0.29) is 23.6 Å². The van der Waals surface area contributed by atoms with Crippen molar-refractivity contribution in [3.63, 3.8) is 0 Å². The van der Waals surface area contributed by atoms with Crippen LogP contribution in [0.4, 0.5) is 8.78 Å². The maximum absolute atomic E-state index is 14.0. The first-order valence-corrected chi connectivity index (χ1v) is 11.5. The smallest absolute Gasteiger partial charge is 0.317 e. The summed E-state index contributed by atoms with van der Waals surface area (Å²) in [6.45, 7) is 3.06. The lowest BCUT2D eigenvalue weighted by Crippen LogP contribution is -2.39. The van der Waals surface area contributed by atoms with Gasteiger partial charge >= 0.3 is 5.97 Å². The third-order valence-electron chi connectivity index (χ3n) is 5.94. The number of ether oxygens (including phenoxy) is 2. The maximum Gasteiger partial charge on any atom is 0.317 e. The van der Waals surface area contributed by atoms with Crippen molar-refractivity contribution in [1.82, 2.24) is 4.90 Å². The molecule has 1 N–H and O–H groups in total. The zero-order valence-electron chi connectivity index (χ0n) is 20.0. The summed E-state index contributed by atoms with van der Waals surface area (Å²) in [6.07, 6.45) is 1.33. The van der Waals surface area contributed by atoms with Gasteiger partial charge in [0.1, 0.15) is 17.9 Å². The molecule has 1 aromatic heterocycles. The molecular formula is C28H27F2NO5. The van der Waals surface area contributed by atoms with Crippen molar-refractivity contribution >= 4 is 16.9 Å². The molecule has 0 radical (unpaired) electrons. The Kier molecular flexibility index (Phi) is 7.97. The molecule has 4 aromatic rings. The number of hydrogen-bond donors (Lipinski definition) is 1. The van der Waals surface area contributed by atoms with Crippen LogP contribution in [0, 0.1) is 11.6 Å². The van der Waals surface area contributed by atoms with Gasteiger partial charge in [0.15, 0.2) is 11.6 Å². The zero-order chi connectivity index (χ0) is 25.7. The Hall–Kier alpha value is -3.75. The molecule has 188 valence electrons. The first-order valence-electron chi connectivity index (χ1n) is 11.5. The second kappa shape index (κ2) is 11.3. The van der Waals surface area contributed by atoms with E-state index in [0.717, 1.165) is 17.2 Å². The summed E-state index contributed by atoms with van der Waals surface area (Å²) < 4.78 is 44.5. The van der Waals surface area contributed by atoms with E-state index >= 15 is 0 Å². The number of carbonyl (C=O) groups is 1. The molecule has 1 atom stereocenters. The second-order valence-corrected chi connectivity index (χ2v) is 8.62. The summed E-state index contributed by atoms with van der Waals surface area (Å²) in [5.74, 6) is -2.14. The molecule has 8 heteroatoms. The lowest BCUT2D eigenvalue weighted by Gasteiger charge is -2.27. The van der Waals surface area contributed by atoms with Crippen LogP contribution >= 0.6 is 0 Å². The molecule has 0 amide bonds. The Morgan fingerprint density at radius 2 is 1.83 bits per heavy atom. The topological polar surface area (TPSA) is 72.1 Å². The van der Waals surface area contributed by atoms with E-state index in [9.17, 15) is 18.7 Å². The molecule has 0 saturated heterocycles. The van der Waals surface area contributed by atoms with Crippen LogP contribution in [-0.4, -0.2) is 42.3 Å². The fraction of sp³-hybridized carbons (Fsp3) is 0.250. The Labute approximate surface area is 207 Å². The van der Waals surface area contributed by atoms with Gasteiger partial charge in [0.2, 0.25) is 0 Å². The van der Waals surface area contributed by atoms with Crippen molar-refractivity contribution in [2.24, 2.45) is 0 Å². The number of rotatable bonds is 11. The van der Waals surface area contributed by atoms with Gasteiger partial charge in [0.05, 0.1) is 24.8 Å². The van der Waals surface area contributed by atoms with Crippen LogP contribution in [0.3, 0.4) is 0 Å². The molecule has 0 fully saturated rings. The summed E-state index contributed by atoms with van der Waals surface area (Å²) in [4.78, 5) is 13.1. The number of benzene rings is 3. The summed E-state index contributed by atoms with van der Waals surface area (Å²) in [7, 11) is 1.59. The van der Waals surface area contributed by atoms with Crippen LogP contribution in [0.15, 0.2) is 71.3 Å². The van der Waals surface area contributed by atoms with Crippen molar-refractivity contribution < 1.29 is 32.6 Å². The molecule has 0 aliphatic carbocycles. The van der Waals surface area contributed by atoms with Gasteiger partial charge < -0.3 is 19.0 Å². The number of carboxylic acids is 1. The Bertz CT molecular complexity index is 1340. The van der Waals surface area contributed by atoms with E-state index in [1.807, 2.05) is 36.1 Å². The number of methoxy groups -OCH3 is 1. The third kappa shape index (κ3) is 5.90. The van der Waals surface area contributed by atoms with Gasteiger partial charge in [-0.2, -0.15) is 0 Å².